The zero-order valence-corrected chi connectivity index (χ0v) is 17.1. The number of hydrogen-bond donors (Lipinski definition) is 1. The van der Waals surface area contributed by atoms with Gasteiger partial charge in [0.15, 0.2) is 0 Å². The fourth-order valence-corrected chi connectivity index (χ4v) is 3.45. The van der Waals surface area contributed by atoms with Crippen LogP contribution >= 0.6 is 0 Å². The number of nitrogens with one attached hydrogen (secondary N) is 1. The van der Waals surface area contributed by atoms with Crippen LogP contribution < -0.4 is 10.1 Å². The molecule has 2 heterocycles. The predicted octanol–water partition coefficient (Wildman–Crippen LogP) is 0.936. The highest BCUT2D eigenvalue weighted by atomic mass is 16.5. The number of amides is 2. The largest absolute Gasteiger partial charge is 0.479 e. The minimum atomic E-state index is -0.0520. The average Bonchev–Trinajstić information content (AvgIpc) is 3.14. The van der Waals surface area contributed by atoms with Crippen LogP contribution in [0.1, 0.15) is 22.3 Å². The van der Waals surface area contributed by atoms with Crippen molar-refractivity contribution >= 4 is 11.8 Å². The Kier molecular flexibility index (Phi) is 7.24. The molecule has 0 unspecified atom stereocenters. The first kappa shape index (κ1) is 20.9. The molecule has 0 bridgehead atoms. The topological polar surface area (TPSA) is 79.7 Å². The molecule has 156 valence electrons. The van der Waals surface area contributed by atoms with Crippen molar-refractivity contribution in [1.82, 2.24) is 24.9 Å². The predicted molar refractivity (Wildman–Crippen MR) is 110 cm³/mol. The Hall–Kier alpha value is -2.87. The number of carbonyl (C=O) groups is 2. The summed E-state index contributed by atoms with van der Waals surface area (Å²) in [6, 6.07) is 10.0. The van der Waals surface area contributed by atoms with E-state index in [9.17, 15) is 9.59 Å². The van der Waals surface area contributed by atoms with Crippen molar-refractivity contribution in [3.05, 3.63) is 47.7 Å². The van der Waals surface area contributed by atoms with Crippen molar-refractivity contribution in [1.29, 1.82) is 0 Å². The maximum atomic E-state index is 12.7. The van der Waals surface area contributed by atoms with Crippen LogP contribution in [-0.2, 0) is 18.3 Å². The molecule has 0 spiro atoms. The molecular weight excluding hydrogens is 370 g/mol. The number of rotatable bonds is 8. The summed E-state index contributed by atoms with van der Waals surface area (Å²) in [5, 5.41) is 7.14. The lowest BCUT2D eigenvalue weighted by Crippen LogP contribution is -2.50. The summed E-state index contributed by atoms with van der Waals surface area (Å²) >= 11 is 0. The van der Waals surface area contributed by atoms with Gasteiger partial charge >= 0.3 is 0 Å². The summed E-state index contributed by atoms with van der Waals surface area (Å²) < 4.78 is 6.78. The van der Waals surface area contributed by atoms with Gasteiger partial charge in [-0.3, -0.25) is 19.2 Å². The lowest BCUT2D eigenvalue weighted by Gasteiger charge is -2.34. The molecule has 0 atom stereocenters. The highest BCUT2D eigenvalue weighted by Gasteiger charge is 2.25. The van der Waals surface area contributed by atoms with E-state index >= 15 is 0 Å². The van der Waals surface area contributed by atoms with Gasteiger partial charge in [-0.05, 0) is 12.0 Å². The van der Waals surface area contributed by atoms with Crippen molar-refractivity contribution in [2.45, 2.75) is 12.8 Å². The van der Waals surface area contributed by atoms with Crippen molar-refractivity contribution in [2.75, 3.05) is 46.4 Å². The highest BCUT2D eigenvalue weighted by molar-refractivity contribution is 5.96. The molecule has 1 saturated heterocycles. The van der Waals surface area contributed by atoms with Gasteiger partial charge in [0.2, 0.25) is 11.8 Å². The number of aryl methyl sites for hydroxylation is 2. The van der Waals surface area contributed by atoms with Gasteiger partial charge in [-0.2, -0.15) is 0 Å². The van der Waals surface area contributed by atoms with Crippen molar-refractivity contribution in [2.24, 2.45) is 7.05 Å². The molecule has 1 aromatic heterocycles. The molecule has 3 rings (SSSR count). The van der Waals surface area contributed by atoms with Gasteiger partial charge < -0.3 is 15.0 Å². The maximum absolute atomic E-state index is 12.7. The van der Waals surface area contributed by atoms with Crippen LogP contribution in [0.5, 0.6) is 5.88 Å². The van der Waals surface area contributed by atoms with E-state index in [4.69, 9.17) is 4.74 Å². The molecule has 0 radical (unpaired) electrons. The molecule has 2 aromatic rings. The fourth-order valence-electron chi connectivity index (χ4n) is 3.45. The Balaban J connectivity index is 1.35. The van der Waals surface area contributed by atoms with Crippen molar-refractivity contribution in [3.8, 4) is 5.88 Å². The zero-order chi connectivity index (χ0) is 20.6. The van der Waals surface area contributed by atoms with Gasteiger partial charge in [0.05, 0.1) is 7.11 Å². The molecule has 1 aliphatic rings. The Labute approximate surface area is 171 Å². The van der Waals surface area contributed by atoms with E-state index in [0.29, 0.717) is 37.5 Å². The third kappa shape index (κ3) is 5.80. The van der Waals surface area contributed by atoms with Crippen LogP contribution in [0, 0.1) is 0 Å². The number of aromatic nitrogens is 2. The van der Waals surface area contributed by atoms with Gasteiger partial charge in [-0.25, -0.2) is 0 Å². The second-order valence-corrected chi connectivity index (χ2v) is 7.20. The van der Waals surface area contributed by atoms with Gasteiger partial charge in [-0.15, -0.1) is 5.10 Å². The summed E-state index contributed by atoms with van der Waals surface area (Å²) in [4.78, 5) is 28.8. The normalized spacial score (nSPS) is 14.6. The second-order valence-electron chi connectivity index (χ2n) is 7.20. The van der Waals surface area contributed by atoms with Crippen LogP contribution in [0.4, 0.5) is 0 Å². The second kappa shape index (κ2) is 10.1. The molecule has 8 heteroatoms. The van der Waals surface area contributed by atoms with E-state index in [-0.39, 0.29) is 11.8 Å². The van der Waals surface area contributed by atoms with Gasteiger partial charge in [0.25, 0.3) is 5.91 Å². The van der Waals surface area contributed by atoms with Crippen LogP contribution in [0.2, 0.25) is 0 Å². The molecule has 1 aromatic carbocycles. The number of ether oxygens (including phenoxy) is 1. The molecule has 0 saturated carbocycles. The van der Waals surface area contributed by atoms with E-state index in [1.165, 1.54) is 12.7 Å². The number of carbonyl (C=O) groups excluding carboxylic acids is 2. The van der Waals surface area contributed by atoms with Crippen LogP contribution in [0.25, 0.3) is 0 Å². The van der Waals surface area contributed by atoms with E-state index in [2.05, 4.69) is 15.3 Å². The Morgan fingerprint density at radius 2 is 1.86 bits per heavy atom. The van der Waals surface area contributed by atoms with Crippen LogP contribution in [0.15, 0.2) is 36.5 Å². The molecule has 8 nitrogen and oxygen atoms in total. The Morgan fingerprint density at radius 1 is 1.14 bits per heavy atom. The van der Waals surface area contributed by atoms with Crippen molar-refractivity contribution in [3.63, 3.8) is 0 Å². The summed E-state index contributed by atoms with van der Waals surface area (Å²) in [6.45, 7) is 4.29. The van der Waals surface area contributed by atoms with Crippen LogP contribution in [0.3, 0.4) is 0 Å². The minimum Gasteiger partial charge on any atom is -0.479 e. The number of nitrogens with zero attached hydrogens (tertiary/aromatic N) is 4. The molecule has 1 aliphatic heterocycles. The molecular formula is C21H29N5O3. The molecule has 1 fully saturated rings. The lowest BCUT2D eigenvalue weighted by atomic mass is 10.1. The summed E-state index contributed by atoms with van der Waals surface area (Å²) in [5.41, 5.74) is 1.67. The van der Waals surface area contributed by atoms with Gasteiger partial charge in [0, 0.05) is 58.9 Å². The minimum absolute atomic E-state index is 0.0520. The standard InChI is InChI=1S/C21H29N5O3/c1-24-16-18(20(23-24)29-2)21(28)26-14-12-25(13-15-26)11-10-22-19(27)9-8-17-6-4-3-5-7-17/h3-7,16H,8-15H2,1-2H3,(H,22,27). The van der Waals surface area contributed by atoms with E-state index in [1.54, 1.807) is 17.9 Å². The first-order valence-corrected chi connectivity index (χ1v) is 9.96. The number of piperazine rings is 1. The van der Waals surface area contributed by atoms with Crippen molar-refractivity contribution < 1.29 is 14.3 Å². The molecule has 0 aliphatic carbocycles. The monoisotopic (exact) mass is 399 g/mol. The smallest absolute Gasteiger partial charge is 0.261 e. The summed E-state index contributed by atoms with van der Waals surface area (Å²) in [7, 11) is 3.29. The maximum Gasteiger partial charge on any atom is 0.261 e. The molecule has 2 amide bonds. The summed E-state index contributed by atoms with van der Waals surface area (Å²) in [6.07, 6.45) is 2.95. The molecule has 29 heavy (non-hydrogen) atoms. The van der Waals surface area contributed by atoms with Gasteiger partial charge in [0.1, 0.15) is 5.56 Å². The van der Waals surface area contributed by atoms with Crippen LogP contribution in [-0.4, -0.2) is 77.8 Å². The number of methoxy groups -OCH3 is 1. The SMILES string of the molecule is COc1nn(C)cc1C(=O)N1CCN(CCNC(=O)CCc2ccccc2)CC1. The lowest BCUT2D eigenvalue weighted by molar-refractivity contribution is -0.121. The molecule has 1 N–H and O–H groups in total. The highest BCUT2D eigenvalue weighted by Crippen LogP contribution is 2.18. The van der Waals surface area contributed by atoms with E-state index < -0.39 is 0 Å². The third-order valence-electron chi connectivity index (χ3n) is 5.11. The van der Waals surface area contributed by atoms with E-state index in [0.717, 1.165) is 26.1 Å². The third-order valence-corrected chi connectivity index (χ3v) is 5.11. The van der Waals surface area contributed by atoms with Gasteiger partial charge in [-0.1, -0.05) is 30.3 Å². The average molecular weight is 399 g/mol. The first-order chi connectivity index (χ1) is 14.1. The number of hydrogen-bond acceptors (Lipinski definition) is 5. The zero-order valence-electron chi connectivity index (χ0n) is 17.1. The fraction of sp³-hybridized carbons (Fsp3) is 0.476. The Bertz CT molecular complexity index is 813. The summed E-state index contributed by atoms with van der Waals surface area (Å²) in [5.74, 6) is 0.383. The quantitative estimate of drug-likeness (QED) is 0.715. The van der Waals surface area contributed by atoms with E-state index in [1.807, 2.05) is 35.2 Å². The Morgan fingerprint density at radius 3 is 2.55 bits per heavy atom. The first-order valence-electron chi connectivity index (χ1n) is 9.96. The number of benzene rings is 1.